The SMILES string of the molecule is CCCCCCCC(=O)CCCCCCCCCO. The molecule has 0 aliphatic heterocycles. The van der Waals surface area contributed by atoms with Gasteiger partial charge >= 0.3 is 0 Å². The lowest BCUT2D eigenvalue weighted by Gasteiger charge is -2.02. The van der Waals surface area contributed by atoms with Crippen molar-refractivity contribution in [3.05, 3.63) is 0 Å². The molecule has 0 aliphatic rings. The molecule has 19 heavy (non-hydrogen) atoms. The van der Waals surface area contributed by atoms with E-state index in [1.165, 1.54) is 51.4 Å². The van der Waals surface area contributed by atoms with Crippen LogP contribution in [0.25, 0.3) is 0 Å². The van der Waals surface area contributed by atoms with Gasteiger partial charge in [-0.1, -0.05) is 64.7 Å². The number of hydrogen-bond acceptors (Lipinski definition) is 2. The first-order valence-corrected chi connectivity index (χ1v) is 8.43. The Bertz CT molecular complexity index is 190. The number of hydrogen-bond donors (Lipinski definition) is 1. The van der Waals surface area contributed by atoms with Gasteiger partial charge in [0.2, 0.25) is 0 Å². The van der Waals surface area contributed by atoms with E-state index in [9.17, 15) is 4.79 Å². The van der Waals surface area contributed by atoms with Crippen molar-refractivity contribution in [2.24, 2.45) is 0 Å². The van der Waals surface area contributed by atoms with Gasteiger partial charge in [0.05, 0.1) is 0 Å². The van der Waals surface area contributed by atoms with Crippen LogP contribution in [0.3, 0.4) is 0 Å². The Kier molecular flexibility index (Phi) is 15.4. The third kappa shape index (κ3) is 15.6. The quantitative estimate of drug-likeness (QED) is 0.424. The first kappa shape index (κ1) is 18.6. The standard InChI is InChI=1S/C17H34O2/c1-2-3-4-8-11-14-17(19)15-12-9-6-5-7-10-13-16-18/h18H,2-16H2,1H3. The molecule has 0 aromatic rings. The number of carbonyl (C=O) groups excluding carboxylic acids is 1. The van der Waals surface area contributed by atoms with Crippen LogP contribution >= 0.6 is 0 Å². The summed E-state index contributed by atoms with van der Waals surface area (Å²) in [5, 5.41) is 8.65. The maximum Gasteiger partial charge on any atom is 0.132 e. The molecule has 0 amide bonds. The number of aliphatic hydroxyl groups excluding tert-OH is 1. The van der Waals surface area contributed by atoms with Crippen molar-refractivity contribution >= 4 is 5.78 Å². The van der Waals surface area contributed by atoms with E-state index in [-0.39, 0.29) is 0 Å². The molecule has 0 rings (SSSR count). The molecule has 0 aromatic heterocycles. The summed E-state index contributed by atoms with van der Waals surface area (Å²) < 4.78 is 0. The third-order valence-electron chi connectivity index (χ3n) is 3.67. The van der Waals surface area contributed by atoms with Crippen molar-refractivity contribution in [2.45, 2.75) is 96.8 Å². The molecular weight excluding hydrogens is 236 g/mol. The molecule has 0 unspecified atom stereocenters. The monoisotopic (exact) mass is 270 g/mol. The molecule has 0 aromatic carbocycles. The predicted molar refractivity (Wildman–Crippen MR) is 82.4 cm³/mol. The highest BCUT2D eigenvalue weighted by Crippen LogP contribution is 2.11. The van der Waals surface area contributed by atoms with E-state index in [4.69, 9.17) is 5.11 Å². The summed E-state index contributed by atoms with van der Waals surface area (Å²) in [4.78, 5) is 11.6. The lowest BCUT2D eigenvalue weighted by atomic mass is 10.0. The van der Waals surface area contributed by atoms with E-state index in [0.717, 1.165) is 38.5 Å². The lowest BCUT2D eigenvalue weighted by Crippen LogP contribution is -1.97. The van der Waals surface area contributed by atoms with E-state index in [2.05, 4.69) is 6.92 Å². The zero-order valence-corrected chi connectivity index (χ0v) is 13.0. The smallest absolute Gasteiger partial charge is 0.132 e. The van der Waals surface area contributed by atoms with Gasteiger partial charge in [-0.2, -0.15) is 0 Å². The van der Waals surface area contributed by atoms with Gasteiger partial charge in [-0.15, -0.1) is 0 Å². The zero-order chi connectivity index (χ0) is 14.2. The van der Waals surface area contributed by atoms with Gasteiger partial charge in [-0.25, -0.2) is 0 Å². The van der Waals surface area contributed by atoms with Crippen LogP contribution < -0.4 is 0 Å². The first-order valence-electron chi connectivity index (χ1n) is 8.43. The van der Waals surface area contributed by atoms with Crippen molar-refractivity contribution in [2.75, 3.05) is 6.61 Å². The highest BCUT2D eigenvalue weighted by Gasteiger charge is 2.01. The normalized spacial score (nSPS) is 10.8. The average molecular weight is 270 g/mol. The Labute approximate surface area is 120 Å². The van der Waals surface area contributed by atoms with Crippen molar-refractivity contribution in [3.63, 3.8) is 0 Å². The third-order valence-corrected chi connectivity index (χ3v) is 3.67. The van der Waals surface area contributed by atoms with Gasteiger partial charge in [-0.05, 0) is 19.3 Å². The minimum atomic E-state index is 0.326. The predicted octanol–water partition coefficient (Wildman–Crippen LogP) is 5.03. The second-order valence-corrected chi connectivity index (χ2v) is 5.65. The molecule has 0 atom stereocenters. The lowest BCUT2D eigenvalue weighted by molar-refractivity contribution is -0.119. The summed E-state index contributed by atoms with van der Waals surface area (Å²) in [6.07, 6.45) is 15.9. The summed E-state index contributed by atoms with van der Waals surface area (Å²) in [6.45, 7) is 2.54. The highest BCUT2D eigenvalue weighted by atomic mass is 16.2. The summed E-state index contributed by atoms with van der Waals surface area (Å²) in [7, 11) is 0. The molecule has 0 saturated heterocycles. The Balaban J connectivity index is 3.12. The summed E-state index contributed by atoms with van der Waals surface area (Å²) in [5.41, 5.74) is 0. The number of Topliss-reactive ketones (excluding diaryl/α,β-unsaturated/α-hetero) is 1. The fraction of sp³-hybridized carbons (Fsp3) is 0.941. The highest BCUT2D eigenvalue weighted by molar-refractivity contribution is 5.78. The van der Waals surface area contributed by atoms with E-state index < -0.39 is 0 Å². The average Bonchev–Trinajstić information content (AvgIpc) is 2.41. The van der Waals surface area contributed by atoms with Crippen LogP contribution in [0.15, 0.2) is 0 Å². The molecular formula is C17H34O2. The van der Waals surface area contributed by atoms with Crippen LogP contribution in [0.5, 0.6) is 0 Å². The van der Waals surface area contributed by atoms with Crippen molar-refractivity contribution < 1.29 is 9.90 Å². The van der Waals surface area contributed by atoms with E-state index >= 15 is 0 Å². The Hall–Kier alpha value is -0.370. The molecule has 0 radical (unpaired) electrons. The number of aliphatic hydroxyl groups is 1. The minimum Gasteiger partial charge on any atom is -0.396 e. The maximum absolute atomic E-state index is 11.6. The van der Waals surface area contributed by atoms with Gasteiger partial charge in [-0.3, -0.25) is 4.79 Å². The Morgan fingerprint density at radius 3 is 1.58 bits per heavy atom. The number of carbonyl (C=O) groups is 1. The van der Waals surface area contributed by atoms with Crippen molar-refractivity contribution in [1.82, 2.24) is 0 Å². The van der Waals surface area contributed by atoms with Crippen LogP contribution in [0.2, 0.25) is 0 Å². The number of ketones is 1. The topological polar surface area (TPSA) is 37.3 Å². The number of unbranched alkanes of at least 4 members (excludes halogenated alkanes) is 10. The van der Waals surface area contributed by atoms with Crippen LogP contribution in [-0.2, 0) is 4.79 Å². The largest absolute Gasteiger partial charge is 0.396 e. The van der Waals surface area contributed by atoms with Crippen molar-refractivity contribution in [3.8, 4) is 0 Å². The molecule has 0 aliphatic carbocycles. The summed E-state index contributed by atoms with van der Waals surface area (Å²) >= 11 is 0. The van der Waals surface area contributed by atoms with Crippen molar-refractivity contribution in [1.29, 1.82) is 0 Å². The molecule has 0 saturated carbocycles. The van der Waals surface area contributed by atoms with Crippen LogP contribution in [0.4, 0.5) is 0 Å². The molecule has 0 heterocycles. The second-order valence-electron chi connectivity index (χ2n) is 5.65. The fourth-order valence-corrected chi connectivity index (χ4v) is 2.37. The van der Waals surface area contributed by atoms with Gasteiger partial charge in [0, 0.05) is 19.4 Å². The second kappa shape index (κ2) is 15.7. The van der Waals surface area contributed by atoms with Crippen LogP contribution in [0.1, 0.15) is 96.8 Å². The zero-order valence-electron chi connectivity index (χ0n) is 13.0. The molecule has 1 N–H and O–H groups in total. The Morgan fingerprint density at radius 2 is 1.11 bits per heavy atom. The van der Waals surface area contributed by atoms with Crippen LogP contribution in [-0.4, -0.2) is 17.5 Å². The summed E-state index contributed by atoms with van der Waals surface area (Å²) in [6, 6.07) is 0. The molecule has 0 fully saturated rings. The maximum atomic E-state index is 11.6. The van der Waals surface area contributed by atoms with Gasteiger partial charge < -0.3 is 5.11 Å². The molecule has 0 bridgehead atoms. The van der Waals surface area contributed by atoms with Gasteiger partial charge in [0.1, 0.15) is 5.78 Å². The van der Waals surface area contributed by atoms with E-state index in [1.807, 2.05) is 0 Å². The number of rotatable bonds is 15. The molecule has 2 heteroatoms. The fourth-order valence-electron chi connectivity index (χ4n) is 2.37. The van der Waals surface area contributed by atoms with E-state index in [0.29, 0.717) is 12.4 Å². The molecule has 2 nitrogen and oxygen atoms in total. The van der Waals surface area contributed by atoms with Crippen LogP contribution in [0, 0.1) is 0 Å². The Morgan fingerprint density at radius 1 is 0.684 bits per heavy atom. The van der Waals surface area contributed by atoms with Gasteiger partial charge in [0.25, 0.3) is 0 Å². The minimum absolute atomic E-state index is 0.326. The van der Waals surface area contributed by atoms with Gasteiger partial charge in [0.15, 0.2) is 0 Å². The first-order chi connectivity index (χ1) is 9.31. The molecule has 114 valence electrons. The summed E-state index contributed by atoms with van der Waals surface area (Å²) in [5.74, 6) is 0.469. The molecule has 0 spiro atoms. The van der Waals surface area contributed by atoms with E-state index in [1.54, 1.807) is 0 Å².